The summed E-state index contributed by atoms with van der Waals surface area (Å²) in [5, 5.41) is 12.2. The highest BCUT2D eigenvalue weighted by atomic mass is 16.3. The molecule has 0 amide bonds. The summed E-state index contributed by atoms with van der Waals surface area (Å²) in [5.74, 6) is 0.374. The Labute approximate surface area is 109 Å². The van der Waals surface area contributed by atoms with Gasteiger partial charge in [0.25, 0.3) is 0 Å². The van der Waals surface area contributed by atoms with Gasteiger partial charge >= 0.3 is 0 Å². The fourth-order valence-corrected chi connectivity index (χ4v) is 2.39. The molecular weight excluding hydrogens is 220 g/mol. The van der Waals surface area contributed by atoms with Crippen LogP contribution in [0, 0.1) is 0 Å². The minimum atomic E-state index is 0.374. The van der Waals surface area contributed by atoms with E-state index in [2.05, 4.69) is 32.1 Å². The van der Waals surface area contributed by atoms with Crippen LogP contribution in [0.1, 0.15) is 38.7 Å². The molecule has 1 heteroatoms. The van der Waals surface area contributed by atoms with Gasteiger partial charge in [0, 0.05) is 5.39 Å². The largest absolute Gasteiger partial charge is 0.507 e. The molecule has 0 fully saturated rings. The molecule has 0 heterocycles. The van der Waals surface area contributed by atoms with Crippen molar-refractivity contribution in [3.63, 3.8) is 0 Å². The molecular formula is C17H20O. The smallest absolute Gasteiger partial charge is 0.124 e. The van der Waals surface area contributed by atoms with Crippen molar-refractivity contribution in [2.45, 2.75) is 33.1 Å². The van der Waals surface area contributed by atoms with Gasteiger partial charge in [-0.05, 0) is 42.4 Å². The van der Waals surface area contributed by atoms with Crippen molar-refractivity contribution in [3.8, 4) is 5.75 Å². The Morgan fingerprint density at radius 3 is 2.56 bits per heavy atom. The second-order valence-corrected chi connectivity index (χ2v) is 4.60. The van der Waals surface area contributed by atoms with E-state index in [4.69, 9.17) is 0 Å². The lowest BCUT2D eigenvalue weighted by molar-refractivity contribution is 0.481. The number of hydrogen-bond acceptors (Lipinski definition) is 1. The van der Waals surface area contributed by atoms with Gasteiger partial charge < -0.3 is 5.11 Å². The quantitative estimate of drug-likeness (QED) is 0.784. The van der Waals surface area contributed by atoms with Crippen molar-refractivity contribution < 1.29 is 5.11 Å². The molecule has 0 aliphatic carbocycles. The van der Waals surface area contributed by atoms with Crippen LogP contribution in [0.2, 0.25) is 0 Å². The summed E-state index contributed by atoms with van der Waals surface area (Å²) in [6.45, 7) is 4.28. The molecule has 0 unspecified atom stereocenters. The molecule has 0 atom stereocenters. The van der Waals surface area contributed by atoms with Crippen LogP contribution in [0.15, 0.2) is 42.5 Å². The minimum absolute atomic E-state index is 0.374. The van der Waals surface area contributed by atoms with E-state index in [0.717, 1.165) is 17.2 Å². The van der Waals surface area contributed by atoms with Crippen molar-refractivity contribution in [2.24, 2.45) is 0 Å². The molecule has 1 N–H and O–H groups in total. The van der Waals surface area contributed by atoms with E-state index in [1.165, 1.54) is 24.0 Å². The first kappa shape index (κ1) is 12.7. The summed E-state index contributed by atoms with van der Waals surface area (Å²) in [7, 11) is 0. The van der Waals surface area contributed by atoms with Gasteiger partial charge in [0.1, 0.15) is 5.75 Å². The summed E-state index contributed by atoms with van der Waals surface area (Å²) in [6.07, 6.45) is 5.61. The number of phenolic OH excluding ortho intramolecular Hbond substituents is 1. The number of unbranched alkanes of at least 4 members (excludes halogenated alkanes) is 1. The van der Waals surface area contributed by atoms with E-state index in [-0.39, 0.29) is 0 Å². The molecule has 0 bridgehead atoms. The van der Waals surface area contributed by atoms with Crippen molar-refractivity contribution >= 4 is 16.3 Å². The van der Waals surface area contributed by atoms with Gasteiger partial charge in [-0.25, -0.2) is 0 Å². The van der Waals surface area contributed by atoms with Crippen molar-refractivity contribution in [2.75, 3.05) is 0 Å². The Morgan fingerprint density at radius 1 is 1.17 bits per heavy atom. The molecule has 1 nitrogen and oxygen atoms in total. The van der Waals surface area contributed by atoms with E-state index in [0.29, 0.717) is 5.75 Å². The van der Waals surface area contributed by atoms with Crippen molar-refractivity contribution in [1.82, 2.24) is 0 Å². The monoisotopic (exact) mass is 240 g/mol. The lowest BCUT2D eigenvalue weighted by Crippen LogP contribution is -1.88. The van der Waals surface area contributed by atoms with Gasteiger partial charge in [-0.1, -0.05) is 49.8 Å². The maximum absolute atomic E-state index is 10.1. The fraction of sp³-hybridized carbons (Fsp3) is 0.294. The zero-order chi connectivity index (χ0) is 13.0. The third-order valence-electron chi connectivity index (χ3n) is 3.38. The van der Waals surface area contributed by atoms with Crippen LogP contribution in [0.3, 0.4) is 0 Å². The highest BCUT2D eigenvalue weighted by molar-refractivity contribution is 5.97. The number of benzene rings is 2. The predicted octanol–water partition coefficient (Wildman–Crippen LogP) is 5.14. The fourth-order valence-electron chi connectivity index (χ4n) is 2.39. The predicted molar refractivity (Wildman–Crippen MR) is 78.8 cm³/mol. The second-order valence-electron chi connectivity index (χ2n) is 4.60. The number of aromatic hydroxyl groups is 1. The molecule has 0 radical (unpaired) electrons. The average Bonchev–Trinajstić information content (AvgIpc) is 2.40. The number of phenols is 1. The molecule has 0 aromatic heterocycles. The van der Waals surface area contributed by atoms with Gasteiger partial charge in [-0.15, -0.1) is 0 Å². The first-order chi connectivity index (χ1) is 8.77. The average molecular weight is 240 g/mol. The van der Waals surface area contributed by atoms with E-state index >= 15 is 0 Å². The first-order valence-corrected chi connectivity index (χ1v) is 6.64. The molecule has 18 heavy (non-hydrogen) atoms. The third-order valence-corrected chi connectivity index (χ3v) is 3.38. The standard InChI is InChI=1S/C17H20O/c1-3-5-8-13(4-2)15-11-6-9-14-10-7-12-16(18)17(14)15/h4,6-7,9-12,18H,3,5,8H2,1-2H3/b13-4+. The number of fused-ring (bicyclic) bond motifs is 1. The molecule has 0 spiro atoms. The lowest BCUT2D eigenvalue weighted by atomic mass is 9.94. The van der Waals surface area contributed by atoms with Crippen LogP contribution in [-0.2, 0) is 0 Å². The zero-order valence-corrected chi connectivity index (χ0v) is 11.1. The van der Waals surface area contributed by atoms with Crippen LogP contribution < -0.4 is 0 Å². The van der Waals surface area contributed by atoms with Gasteiger partial charge in [-0.2, -0.15) is 0 Å². The Hall–Kier alpha value is -1.76. The normalized spacial score (nSPS) is 12.0. The van der Waals surface area contributed by atoms with Crippen molar-refractivity contribution in [1.29, 1.82) is 0 Å². The van der Waals surface area contributed by atoms with E-state index < -0.39 is 0 Å². The molecule has 2 aromatic carbocycles. The van der Waals surface area contributed by atoms with E-state index in [9.17, 15) is 5.11 Å². The van der Waals surface area contributed by atoms with Gasteiger partial charge in [0.2, 0.25) is 0 Å². The lowest BCUT2D eigenvalue weighted by Gasteiger charge is -2.11. The molecule has 2 aromatic rings. The second kappa shape index (κ2) is 5.72. The highest BCUT2D eigenvalue weighted by Gasteiger charge is 2.08. The van der Waals surface area contributed by atoms with Crippen LogP contribution in [0.5, 0.6) is 5.75 Å². The molecule has 0 aliphatic rings. The molecule has 2 rings (SSSR count). The summed E-state index contributed by atoms with van der Waals surface area (Å²) < 4.78 is 0. The summed E-state index contributed by atoms with van der Waals surface area (Å²) >= 11 is 0. The molecule has 0 saturated heterocycles. The van der Waals surface area contributed by atoms with E-state index in [1.54, 1.807) is 6.07 Å². The van der Waals surface area contributed by atoms with Crippen LogP contribution >= 0.6 is 0 Å². The maximum atomic E-state index is 10.1. The van der Waals surface area contributed by atoms with Crippen LogP contribution in [-0.4, -0.2) is 5.11 Å². The molecule has 0 saturated carbocycles. The van der Waals surface area contributed by atoms with E-state index in [1.807, 2.05) is 18.2 Å². The topological polar surface area (TPSA) is 20.2 Å². The van der Waals surface area contributed by atoms with Gasteiger partial charge in [-0.3, -0.25) is 0 Å². The Morgan fingerprint density at radius 2 is 1.89 bits per heavy atom. The Bertz CT molecular complexity index is 562. The SMILES string of the molecule is C/C=C(\CCCC)c1cccc2cccc(O)c12. The Balaban J connectivity index is 2.56. The summed E-state index contributed by atoms with van der Waals surface area (Å²) in [6, 6.07) is 11.9. The molecule has 94 valence electrons. The van der Waals surface area contributed by atoms with Gasteiger partial charge in [0.05, 0.1) is 0 Å². The number of hydrogen-bond donors (Lipinski definition) is 1. The number of rotatable bonds is 4. The number of allylic oxidation sites excluding steroid dienone is 2. The van der Waals surface area contributed by atoms with Gasteiger partial charge in [0.15, 0.2) is 0 Å². The van der Waals surface area contributed by atoms with Crippen molar-refractivity contribution in [3.05, 3.63) is 48.0 Å². The molecule has 0 aliphatic heterocycles. The van der Waals surface area contributed by atoms with Crippen LogP contribution in [0.4, 0.5) is 0 Å². The summed E-state index contributed by atoms with van der Waals surface area (Å²) in [4.78, 5) is 0. The minimum Gasteiger partial charge on any atom is -0.507 e. The first-order valence-electron chi connectivity index (χ1n) is 6.64. The summed E-state index contributed by atoms with van der Waals surface area (Å²) in [5.41, 5.74) is 2.49. The Kier molecular flexibility index (Phi) is 4.03. The maximum Gasteiger partial charge on any atom is 0.124 e. The zero-order valence-electron chi connectivity index (χ0n) is 11.1. The highest BCUT2D eigenvalue weighted by Crippen LogP contribution is 2.33. The third kappa shape index (κ3) is 2.40. The van der Waals surface area contributed by atoms with Crippen LogP contribution in [0.25, 0.3) is 16.3 Å².